The van der Waals surface area contributed by atoms with Gasteiger partial charge < -0.3 is 10.2 Å². The summed E-state index contributed by atoms with van der Waals surface area (Å²) in [4.78, 5) is 14.6. The van der Waals surface area contributed by atoms with Gasteiger partial charge in [-0.15, -0.1) is 0 Å². The number of aromatic amines is 1. The average molecular weight is 351 g/mol. The number of halogens is 1. The Kier molecular flexibility index (Phi) is 4.26. The van der Waals surface area contributed by atoms with E-state index in [1.807, 2.05) is 30.1 Å². The van der Waals surface area contributed by atoms with Crippen LogP contribution in [0.15, 0.2) is 22.7 Å². The lowest BCUT2D eigenvalue weighted by atomic mass is 9.96. The average Bonchev–Trinajstić information content (AvgIpc) is 2.90. The Morgan fingerprint density at radius 2 is 2.24 bits per heavy atom. The van der Waals surface area contributed by atoms with Crippen LogP contribution in [0.5, 0.6) is 0 Å². The molecule has 1 amide bonds. The number of carbonyl (C=O) groups excluding carboxylic acids is 1. The van der Waals surface area contributed by atoms with Gasteiger partial charge in [0, 0.05) is 22.9 Å². The third kappa shape index (κ3) is 2.96. The van der Waals surface area contributed by atoms with Gasteiger partial charge >= 0.3 is 0 Å². The zero-order valence-corrected chi connectivity index (χ0v) is 13.6. The van der Waals surface area contributed by atoms with Gasteiger partial charge in [-0.1, -0.05) is 15.9 Å². The molecule has 2 aromatic rings. The van der Waals surface area contributed by atoms with Gasteiger partial charge in [-0.2, -0.15) is 5.10 Å². The van der Waals surface area contributed by atoms with Gasteiger partial charge in [0.2, 0.25) is 0 Å². The Bertz CT molecular complexity index is 646. The van der Waals surface area contributed by atoms with E-state index < -0.39 is 0 Å². The molecule has 0 spiro atoms. The van der Waals surface area contributed by atoms with Crippen molar-refractivity contribution in [3.63, 3.8) is 0 Å². The van der Waals surface area contributed by atoms with Crippen molar-refractivity contribution in [1.29, 1.82) is 0 Å². The maximum Gasteiger partial charge on any atom is 0.274 e. The van der Waals surface area contributed by atoms with E-state index in [0.29, 0.717) is 11.6 Å². The van der Waals surface area contributed by atoms with Crippen molar-refractivity contribution in [2.75, 3.05) is 26.7 Å². The SMILES string of the molecule is CNCC1CCN(C(=O)c2n[nH]c3ccc(Br)cc23)CC1. The van der Waals surface area contributed by atoms with Gasteiger partial charge in [-0.25, -0.2) is 0 Å². The molecule has 0 aliphatic carbocycles. The molecule has 0 radical (unpaired) electrons. The number of likely N-dealkylation sites (tertiary alicyclic amines) is 1. The van der Waals surface area contributed by atoms with E-state index in [1.54, 1.807) is 0 Å². The highest BCUT2D eigenvalue weighted by atomic mass is 79.9. The fourth-order valence-corrected chi connectivity index (χ4v) is 3.29. The summed E-state index contributed by atoms with van der Waals surface area (Å²) in [5.41, 5.74) is 1.42. The lowest BCUT2D eigenvalue weighted by Crippen LogP contribution is -2.40. The molecular formula is C15H19BrN4O. The Morgan fingerprint density at radius 3 is 2.95 bits per heavy atom. The molecular weight excluding hydrogens is 332 g/mol. The third-order valence-electron chi connectivity index (χ3n) is 4.12. The smallest absolute Gasteiger partial charge is 0.274 e. The third-order valence-corrected chi connectivity index (χ3v) is 4.62. The second-order valence-electron chi connectivity index (χ2n) is 5.56. The van der Waals surface area contributed by atoms with Crippen LogP contribution in [0.2, 0.25) is 0 Å². The van der Waals surface area contributed by atoms with Crippen LogP contribution in [0.3, 0.4) is 0 Å². The van der Waals surface area contributed by atoms with Gasteiger partial charge in [0.25, 0.3) is 5.91 Å². The standard InChI is InChI=1S/C15H19BrN4O/c1-17-9-10-4-6-20(7-5-10)15(21)14-12-8-11(16)2-3-13(12)18-19-14/h2-3,8,10,17H,4-7,9H2,1H3,(H,18,19). The Balaban J connectivity index is 1.77. The number of fused-ring (bicyclic) bond motifs is 1. The highest BCUT2D eigenvalue weighted by Gasteiger charge is 2.25. The van der Waals surface area contributed by atoms with Crippen LogP contribution < -0.4 is 5.32 Å². The number of benzene rings is 1. The number of nitrogens with one attached hydrogen (secondary N) is 2. The Hall–Kier alpha value is -1.40. The molecule has 1 saturated heterocycles. The molecule has 0 saturated carbocycles. The fourth-order valence-electron chi connectivity index (χ4n) is 2.93. The Morgan fingerprint density at radius 1 is 1.48 bits per heavy atom. The van der Waals surface area contributed by atoms with Crippen molar-refractivity contribution in [2.24, 2.45) is 5.92 Å². The minimum absolute atomic E-state index is 0.0299. The van der Waals surface area contributed by atoms with E-state index in [-0.39, 0.29) is 5.91 Å². The molecule has 2 heterocycles. The summed E-state index contributed by atoms with van der Waals surface area (Å²) < 4.78 is 0.957. The predicted octanol–water partition coefficient (Wildman–Crippen LogP) is 2.40. The largest absolute Gasteiger partial charge is 0.337 e. The first kappa shape index (κ1) is 14.5. The summed E-state index contributed by atoms with van der Waals surface area (Å²) in [6.07, 6.45) is 2.11. The molecule has 1 aliphatic heterocycles. The van der Waals surface area contributed by atoms with Crippen LogP contribution in [-0.4, -0.2) is 47.7 Å². The van der Waals surface area contributed by atoms with Crippen molar-refractivity contribution in [3.8, 4) is 0 Å². The first-order valence-electron chi connectivity index (χ1n) is 7.26. The van der Waals surface area contributed by atoms with E-state index in [1.165, 1.54) is 0 Å². The summed E-state index contributed by atoms with van der Waals surface area (Å²) in [6, 6.07) is 5.82. The van der Waals surface area contributed by atoms with E-state index >= 15 is 0 Å². The molecule has 21 heavy (non-hydrogen) atoms. The lowest BCUT2D eigenvalue weighted by Gasteiger charge is -2.31. The zero-order valence-electron chi connectivity index (χ0n) is 12.0. The van der Waals surface area contributed by atoms with Crippen LogP contribution in [0, 0.1) is 5.92 Å². The van der Waals surface area contributed by atoms with Crippen molar-refractivity contribution >= 4 is 32.7 Å². The number of aromatic nitrogens is 2. The Labute approximate surface area is 132 Å². The molecule has 2 N–H and O–H groups in total. The lowest BCUT2D eigenvalue weighted by molar-refractivity contribution is 0.0687. The summed E-state index contributed by atoms with van der Waals surface area (Å²) in [6.45, 7) is 2.65. The first-order valence-corrected chi connectivity index (χ1v) is 8.06. The molecule has 0 bridgehead atoms. The van der Waals surface area contributed by atoms with Crippen molar-refractivity contribution in [1.82, 2.24) is 20.4 Å². The maximum absolute atomic E-state index is 12.7. The van der Waals surface area contributed by atoms with Crippen molar-refractivity contribution < 1.29 is 4.79 Å². The molecule has 3 rings (SSSR count). The van der Waals surface area contributed by atoms with E-state index in [2.05, 4.69) is 31.4 Å². The van der Waals surface area contributed by atoms with E-state index in [4.69, 9.17) is 0 Å². The van der Waals surface area contributed by atoms with Gasteiger partial charge in [0.1, 0.15) is 0 Å². The second kappa shape index (κ2) is 6.15. The maximum atomic E-state index is 12.7. The van der Waals surface area contributed by atoms with E-state index in [9.17, 15) is 4.79 Å². The number of nitrogens with zero attached hydrogens (tertiary/aromatic N) is 2. The minimum atomic E-state index is 0.0299. The van der Waals surface area contributed by atoms with Gasteiger partial charge in [-0.05, 0) is 50.6 Å². The highest BCUT2D eigenvalue weighted by molar-refractivity contribution is 9.10. The van der Waals surface area contributed by atoms with Gasteiger partial charge in [-0.3, -0.25) is 9.89 Å². The van der Waals surface area contributed by atoms with Crippen LogP contribution in [0.4, 0.5) is 0 Å². The van der Waals surface area contributed by atoms with Gasteiger partial charge in [0.05, 0.1) is 5.52 Å². The molecule has 1 aromatic carbocycles. The second-order valence-corrected chi connectivity index (χ2v) is 6.47. The number of piperidine rings is 1. The molecule has 6 heteroatoms. The zero-order chi connectivity index (χ0) is 14.8. The molecule has 5 nitrogen and oxygen atoms in total. The first-order chi connectivity index (χ1) is 10.2. The van der Waals surface area contributed by atoms with Crippen LogP contribution in [-0.2, 0) is 0 Å². The number of hydrogen-bond acceptors (Lipinski definition) is 3. The van der Waals surface area contributed by atoms with Crippen LogP contribution in [0.1, 0.15) is 23.3 Å². The normalized spacial score (nSPS) is 16.6. The van der Waals surface area contributed by atoms with Crippen LogP contribution >= 0.6 is 15.9 Å². The molecule has 1 aliphatic rings. The summed E-state index contributed by atoms with van der Waals surface area (Å²) >= 11 is 3.45. The molecule has 0 unspecified atom stereocenters. The highest BCUT2D eigenvalue weighted by Crippen LogP contribution is 2.24. The molecule has 0 atom stereocenters. The number of rotatable bonds is 3. The predicted molar refractivity (Wildman–Crippen MR) is 86.3 cm³/mol. The summed E-state index contributed by atoms with van der Waals surface area (Å²) in [5, 5.41) is 11.2. The number of carbonyl (C=O) groups is 1. The number of H-pyrrole nitrogens is 1. The monoisotopic (exact) mass is 350 g/mol. The van der Waals surface area contributed by atoms with Crippen molar-refractivity contribution in [2.45, 2.75) is 12.8 Å². The molecule has 1 aromatic heterocycles. The summed E-state index contributed by atoms with van der Waals surface area (Å²) in [7, 11) is 1.98. The number of hydrogen-bond donors (Lipinski definition) is 2. The molecule has 1 fully saturated rings. The topological polar surface area (TPSA) is 61.0 Å². The fraction of sp³-hybridized carbons (Fsp3) is 0.467. The van der Waals surface area contributed by atoms with Gasteiger partial charge in [0.15, 0.2) is 5.69 Å². The quantitative estimate of drug-likeness (QED) is 0.893. The van der Waals surface area contributed by atoms with Crippen LogP contribution in [0.25, 0.3) is 10.9 Å². The van der Waals surface area contributed by atoms with Crippen molar-refractivity contribution in [3.05, 3.63) is 28.4 Å². The number of amides is 1. The van der Waals surface area contributed by atoms with E-state index in [0.717, 1.165) is 47.9 Å². The molecule has 112 valence electrons. The minimum Gasteiger partial charge on any atom is -0.337 e. The summed E-state index contributed by atoms with van der Waals surface area (Å²) in [5.74, 6) is 0.700.